The first-order chi connectivity index (χ1) is 8.04. The van der Waals surface area contributed by atoms with Gasteiger partial charge in [-0.15, -0.1) is 0 Å². The quantitative estimate of drug-likeness (QED) is 0.591. The third kappa shape index (κ3) is 4.32. The summed E-state index contributed by atoms with van der Waals surface area (Å²) < 4.78 is 5.07. The lowest BCUT2D eigenvalue weighted by atomic mass is 10.0. The molecule has 0 saturated carbocycles. The van der Waals surface area contributed by atoms with Gasteiger partial charge < -0.3 is 20.5 Å². The van der Waals surface area contributed by atoms with Crippen molar-refractivity contribution in [3.8, 4) is 0 Å². The average Bonchev–Trinajstić information content (AvgIpc) is 2.65. The van der Waals surface area contributed by atoms with Crippen LogP contribution in [0, 0.1) is 5.92 Å². The second-order valence-electron chi connectivity index (χ2n) is 4.32. The lowest BCUT2D eigenvalue weighted by Crippen LogP contribution is -2.44. The van der Waals surface area contributed by atoms with Crippen LogP contribution >= 0.6 is 0 Å². The van der Waals surface area contributed by atoms with Gasteiger partial charge in [-0.2, -0.15) is 0 Å². The molecule has 0 spiro atoms. The second-order valence-corrected chi connectivity index (χ2v) is 4.32. The summed E-state index contributed by atoms with van der Waals surface area (Å²) in [5, 5.41) is 14.8. The molecule has 1 saturated heterocycles. The number of hydrogen-bond donors (Lipinski definition) is 3. The fourth-order valence-electron chi connectivity index (χ4n) is 1.90. The van der Waals surface area contributed by atoms with Crippen molar-refractivity contribution in [1.82, 2.24) is 10.6 Å². The normalized spacial score (nSPS) is 25.5. The van der Waals surface area contributed by atoms with Crippen LogP contribution in [0.3, 0.4) is 0 Å². The molecule has 1 aliphatic rings. The van der Waals surface area contributed by atoms with E-state index < -0.39 is 17.9 Å². The van der Waals surface area contributed by atoms with Crippen LogP contribution in [0.2, 0.25) is 0 Å². The number of hydrogen-bond acceptors (Lipinski definition) is 4. The molecule has 3 atom stereocenters. The number of amides is 1. The summed E-state index contributed by atoms with van der Waals surface area (Å²) in [6.45, 7) is 5.14. The highest BCUT2D eigenvalue weighted by Gasteiger charge is 2.35. The minimum absolute atomic E-state index is 0.0885. The maximum absolute atomic E-state index is 11.7. The molecule has 0 aromatic carbocycles. The molecule has 3 unspecified atom stereocenters. The highest BCUT2D eigenvalue weighted by Crippen LogP contribution is 2.14. The minimum Gasteiger partial charge on any atom is -0.481 e. The van der Waals surface area contributed by atoms with Gasteiger partial charge in [-0.25, -0.2) is 0 Å². The molecule has 17 heavy (non-hydrogen) atoms. The Bertz CT molecular complexity index is 283. The number of carboxylic acids is 1. The summed E-state index contributed by atoms with van der Waals surface area (Å²) in [6, 6.07) is -0.320. The molecule has 6 nitrogen and oxygen atoms in total. The van der Waals surface area contributed by atoms with Crippen LogP contribution in [0.1, 0.15) is 20.3 Å². The molecule has 1 heterocycles. The lowest BCUT2D eigenvalue weighted by molar-refractivity contribution is -0.142. The number of carbonyl (C=O) groups excluding carboxylic acids is 1. The van der Waals surface area contributed by atoms with E-state index in [9.17, 15) is 9.59 Å². The van der Waals surface area contributed by atoms with Crippen molar-refractivity contribution in [3.05, 3.63) is 0 Å². The Labute approximate surface area is 101 Å². The van der Waals surface area contributed by atoms with Gasteiger partial charge in [0.1, 0.15) is 5.92 Å². The van der Waals surface area contributed by atoms with E-state index in [1.807, 2.05) is 13.8 Å². The summed E-state index contributed by atoms with van der Waals surface area (Å²) in [4.78, 5) is 22.5. The summed E-state index contributed by atoms with van der Waals surface area (Å²) in [6.07, 6.45) is 0.344. The van der Waals surface area contributed by atoms with Crippen LogP contribution in [0.25, 0.3) is 0 Å². The van der Waals surface area contributed by atoms with E-state index in [4.69, 9.17) is 9.84 Å². The van der Waals surface area contributed by atoms with Crippen molar-refractivity contribution < 1.29 is 19.4 Å². The average molecular weight is 244 g/mol. The number of nitrogens with one attached hydrogen (secondary N) is 2. The van der Waals surface area contributed by atoms with E-state index in [0.29, 0.717) is 6.42 Å². The Morgan fingerprint density at radius 2 is 2.18 bits per heavy atom. The molecule has 0 bridgehead atoms. The van der Waals surface area contributed by atoms with E-state index in [1.165, 1.54) is 0 Å². The molecule has 3 N–H and O–H groups in total. The summed E-state index contributed by atoms with van der Waals surface area (Å²) >= 11 is 0. The molecular formula is C11H20N2O4. The fraction of sp³-hybridized carbons (Fsp3) is 0.818. The SMILES string of the molecule is CCNC(C)CC(=O)NC1COCC1C(=O)O. The Kier molecular flexibility index (Phi) is 5.37. The highest BCUT2D eigenvalue weighted by atomic mass is 16.5. The van der Waals surface area contributed by atoms with Gasteiger partial charge in [0, 0.05) is 12.5 Å². The molecule has 6 heteroatoms. The molecular weight excluding hydrogens is 224 g/mol. The first-order valence-corrected chi connectivity index (χ1v) is 5.87. The molecule has 1 fully saturated rings. The number of carbonyl (C=O) groups is 2. The molecule has 1 rings (SSSR count). The molecule has 1 aliphatic heterocycles. The number of rotatable bonds is 6. The maximum atomic E-state index is 11.7. The minimum atomic E-state index is -0.924. The first-order valence-electron chi connectivity index (χ1n) is 5.87. The predicted octanol–water partition coefficient (Wildman–Crippen LogP) is -0.410. The van der Waals surface area contributed by atoms with Gasteiger partial charge >= 0.3 is 5.97 Å². The molecule has 0 aromatic heterocycles. The van der Waals surface area contributed by atoms with Crippen molar-refractivity contribution in [1.29, 1.82) is 0 Å². The Morgan fingerprint density at radius 1 is 1.47 bits per heavy atom. The van der Waals surface area contributed by atoms with Gasteiger partial charge in [0.15, 0.2) is 0 Å². The molecule has 0 radical (unpaired) electrons. The maximum Gasteiger partial charge on any atom is 0.311 e. The van der Waals surface area contributed by atoms with Crippen molar-refractivity contribution in [2.75, 3.05) is 19.8 Å². The van der Waals surface area contributed by atoms with Crippen LogP contribution < -0.4 is 10.6 Å². The zero-order chi connectivity index (χ0) is 12.8. The van der Waals surface area contributed by atoms with Gasteiger partial charge in [0.2, 0.25) is 5.91 Å². The Hall–Kier alpha value is -1.14. The van der Waals surface area contributed by atoms with E-state index in [1.54, 1.807) is 0 Å². The smallest absolute Gasteiger partial charge is 0.311 e. The lowest BCUT2D eigenvalue weighted by Gasteiger charge is -2.17. The predicted molar refractivity (Wildman–Crippen MR) is 61.6 cm³/mol. The largest absolute Gasteiger partial charge is 0.481 e. The highest BCUT2D eigenvalue weighted by molar-refractivity contribution is 5.78. The zero-order valence-corrected chi connectivity index (χ0v) is 10.2. The standard InChI is InChI=1S/C11H20N2O4/c1-3-12-7(2)4-10(14)13-9-6-17-5-8(9)11(15)16/h7-9,12H,3-6H2,1-2H3,(H,13,14)(H,15,16). The zero-order valence-electron chi connectivity index (χ0n) is 10.2. The van der Waals surface area contributed by atoms with Crippen LogP contribution in [0.5, 0.6) is 0 Å². The summed E-state index contributed by atoms with van der Waals surface area (Å²) in [7, 11) is 0. The van der Waals surface area contributed by atoms with Gasteiger partial charge in [-0.1, -0.05) is 6.92 Å². The van der Waals surface area contributed by atoms with Crippen LogP contribution in [-0.2, 0) is 14.3 Å². The molecule has 0 aromatic rings. The van der Waals surface area contributed by atoms with E-state index in [-0.39, 0.29) is 25.2 Å². The first kappa shape index (κ1) is 13.9. The summed E-state index contributed by atoms with van der Waals surface area (Å²) in [5.41, 5.74) is 0. The number of aliphatic carboxylic acids is 1. The second kappa shape index (κ2) is 6.56. The molecule has 0 aliphatic carbocycles. The van der Waals surface area contributed by atoms with Crippen LogP contribution in [-0.4, -0.2) is 48.8 Å². The third-order valence-corrected chi connectivity index (χ3v) is 2.79. The fourth-order valence-corrected chi connectivity index (χ4v) is 1.90. The molecule has 1 amide bonds. The van der Waals surface area contributed by atoms with Gasteiger partial charge in [0.05, 0.1) is 19.3 Å². The van der Waals surface area contributed by atoms with E-state index in [0.717, 1.165) is 6.54 Å². The summed E-state index contributed by atoms with van der Waals surface area (Å²) in [5.74, 6) is -1.69. The topological polar surface area (TPSA) is 87.7 Å². The Morgan fingerprint density at radius 3 is 2.76 bits per heavy atom. The van der Waals surface area contributed by atoms with Gasteiger partial charge in [-0.05, 0) is 13.5 Å². The van der Waals surface area contributed by atoms with Crippen molar-refractivity contribution >= 4 is 11.9 Å². The number of ether oxygens (including phenoxy) is 1. The molecule has 98 valence electrons. The van der Waals surface area contributed by atoms with E-state index >= 15 is 0 Å². The van der Waals surface area contributed by atoms with Crippen molar-refractivity contribution in [3.63, 3.8) is 0 Å². The van der Waals surface area contributed by atoms with Gasteiger partial charge in [-0.3, -0.25) is 9.59 Å². The monoisotopic (exact) mass is 244 g/mol. The Balaban J connectivity index is 2.37. The number of carboxylic acid groups (broad SMARTS) is 1. The third-order valence-electron chi connectivity index (χ3n) is 2.79. The van der Waals surface area contributed by atoms with Crippen molar-refractivity contribution in [2.45, 2.75) is 32.4 Å². The van der Waals surface area contributed by atoms with Crippen molar-refractivity contribution in [2.24, 2.45) is 5.92 Å². The van der Waals surface area contributed by atoms with Gasteiger partial charge in [0.25, 0.3) is 0 Å². The van der Waals surface area contributed by atoms with Crippen LogP contribution in [0.4, 0.5) is 0 Å². The van der Waals surface area contributed by atoms with Crippen LogP contribution in [0.15, 0.2) is 0 Å². The van der Waals surface area contributed by atoms with E-state index in [2.05, 4.69) is 10.6 Å².